The Kier molecular flexibility index (Phi) is 12.7. The van der Waals surface area contributed by atoms with Gasteiger partial charge in [0.2, 0.25) is 5.91 Å². The molecule has 1 aromatic carbocycles. The van der Waals surface area contributed by atoms with Crippen molar-refractivity contribution in [1.82, 2.24) is 15.5 Å². The Balaban J connectivity index is 0.00000392. The molecule has 2 rings (SSSR count). The molecule has 1 heterocycles. The Bertz CT molecular complexity index is 573. The van der Waals surface area contributed by atoms with Crippen molar-refractivity contribution in [1.29, 1.82) is 0 Å². The summed E-state index contributed by atoms with van der Waals surface area (Å²) in [6.45, 7) is 9.90. The number of hydrogen-bond donors (Lipinski definition) is 2. The predicted octanol–water partition coefficient (Wildman–Crippen LogP) is 3.09. The second-order valence-corrected chi connectivity index (χ2v) is 6.85. The summed E-state index contributed by atoms with van der Waals surface area (Å²) in [5.74, 6) is 1.03. The molecule has 7 heteroatoms. The number of benzene rings is 1. The smallest absolute Gasteiger partial charge is 0.224 e. The third-order valence-electron chi connectivity index (χ3n) is 4.76. The van der Waals surface area contributed by atoms with Gasteiger partial charge in [0.15, 0.2) is 5.96 Å². The number of nitrogens with one attached hydrogen (secondary N) is 2. The van der Waals surface area contributed by atoms with Crippen molar-refractivity contribution in [2.45, 2.75) is 39.5 Å². The Morgan fingerprint density at radius 1 is 1.04 bits per heavy atom. The average Bonchev–Trinajstić information content (AvgIpc) is 2.72. The van der Waals surface area contributed by atoms with Gasteiger partial charge >= 0.3 is 0 Å². The molecular weight excluding hydrogens is 465 g/mol. The van der Waals surface area contributed by atoms with Crippen LogP contribution in [0.25, 0.3) is 0 Å². The lowest BCUT2D eigenvalue weighted by Gasteiger charge is -2.36. The highest BCUT2D eigenvalue weighted by atomic mass is 127. The van der Waals surface area contributed by atoms with Gasteiger partial charge in [-0.25, -0.2) is 0 Å². The zero-order chi connectivity index (χ0) is 19.3. The minimum Gasteiger partial charge on any atom is -0.368 e. The molecule has 1 amide bonds. The van der Waals surface area contributed by atoms with Crippen LogP contribution in [-0.2, 0) is 4.79 Å². The number of para-hydroxylation sites is 1. The normalized spacial score (nSPS) is 14.4. The number of aliphatic imine (C=N–C) groups is 1. The van der Waals surface area contributed by atoms with Crippen LogP contribution in [0.1, 0.15) is 39.5 Å². The summed E-state index contributed by atoms with van der Waals surface area (Å²) in [5, 5.41) is 6.53. The first-order chi connectivity index (χ1) is 13.2. The van der Waals surface area contributed by atoms with E-state index in [0.717, 1.165) is 51.6 Å². The van der Waals surface area contributed by atoms with Gasteiger partial charge in [-0.2, -0.15) is 0 Å². The second kappa shape index (κ2) is 14.5. The number of rotatable bonds is 9. The zero-order valence-corrected chi connectivity index (χ0v) is 19.7. The molecule has 28 heavy (non-hydrogen) atoms. The van der Waals surface area contributed by atoms with E-state index in [2.05, 4.69) is 58.6 Å². The number of carbonyl (C=O) groups excluding carboxylic acids is 1. The molecule has 0 atom stereocenters. The van der Waals surface area contributed by atoms with Crippen molar-refractivity contribution in [3.8, 4) is 0 Å². The van der Waals surface area contributed by atoms with Gasteiger partial charge in [0.25, 0.3) is 0 Å². The molecule has 0 radical (unpaired) electrons. The molecule has 1 fully saturated rings. The van der Waals surface area contributed by atoms with E-state index in [4.69, 9.17) is 0 Å². The molecule has 158 valence electrons. The van der Waals surface area contributed by atoms with Crippen molar-refractivity contribution < 1.29 is 4.79 Å². The Morgan fingerprint density at radius 3 is 2.39 bits per heavy atom. The molecule has 1 aromatic rings. The van der Waals surface area contributed by atoms with Crippen molar-refractivity contribution in [2.24, 2.45) is 4.99 Å². The van der Waals surface area contributed by atoms with Crippen molar-refractivity contribution in [2.75, 3.05) is 50.7 Å². The molecule has 1 aliphatic heterocycles. The molecular formula is C21H36IN5O. The topological polar surface area (TPSA) is 60.0 Å². The number of guanidine groups is 1. The number of hydrogen-bond acceptors (Lipinski definition) is 3. The number of nitrogens with zero attached hydrogens (tertiary/aromatic N) is 3. The third-order valence-corrected chi connectivity index (χ3v) is 4.76. The van der Waals surface area contributed by atoms with Crippen LogP contribution in [0.5, 0.6) is 0 Å². The van der Waals surface area contributed by atoms with E-state index in [0.29, 0.717) is 13.0 Å². The molecule has 2 N–H and O–H groups in total. The van der Waals surface area contributed by atoms with Crippen LogP contribution < -0.4 is 15.5 Å². The first-order valence-electron chi connectivity index (χ1n) is 10.3. The number of halogens is 1. The molecule has 0 unspecified atom stereocenters. The number of piperazine rings is 1. The largest absolute Gasteiger partial charge is 0.368 e. The van der Waals surface area contributed by atoms with E-state index in [1.807, 2.05) is 11.0 Å². The fourth-order valence-corrected chi connectivity index (χ4v) is 3.19. The highest BCUT2D eigenvalue weighted by Gasteiger charge is 2.20. The van der Waals surface area contributed by atoms with Gasteiger partial charge < -0.3 is 20.4 Å². The minimum absolute atomic E-state index is 0. The Hall–Kier alpha value is -1.51. The van der Waals surface area contributed by atoms with E-state index in [9.17, 15) is 4.79 Å². The highest BCUT2D eigenvalue weighted by molar-refractivity contribution is 14.0. The maximum Gasteiger partial charge on any atom is 0.224 e. The molecule has 6 nitrogen and oxygen atoms in total. The third kappa shape index (κ3) is 8.67. The van der Waals surface area contributed by atoms with E-state index < -0.39 is 0 Å². The Morgan fingerprint density at radius 2 is 1.75 bits per heavy atom. The Labute approximate surface area is 187 Å². The van der Waals surface area contributed by atoms with Crippen LogP contribution in [0.4, 0.5) is 5.69 Å². The average molecular weight is 501 g/mol. The SMILES string of the molecule is CCCCCN=C(NCC)NCCC(=O)N1CCN(c2ccccc2)CC1.I. The summed E-state index contributed by atoms with van der Waals surface area (Å²) < 4.78 is 0. The second-order valence-electron chi connectivity index (χ2n) is 6.85. The highest BCUT2D eigenvalue weighted by Crippen LogP contribution is 2.15. The summed E-state index contributed by atoms with van der Waals surface area (Å²) in [6.07, 6.45) is 4.02. The lowest BCUT2D eigenvalue weighted by molar-refractivity contribution is -0.131. The first kappa shape index (κ1) is 24.5. The summed E-state index contributed by atoms with van der Waals surface area (Å²) in [7, 11) is 0. The fourth-order valence-electron chi connectivity index (χ4n) is 3.19. The lowest BCUT2D eigenvalue weighted by atomic mass is 10.2. The van der Waals surface area contributed by atoms with Gasteiger partial charge in [0, 0.05) is 57.9 Å². The number of carbonyl (C=O) groups is 1. The fraction of sp³-hybridized carbons (Fsp3) is 0.619. The molecule has 0 saturated carbocycles. The van der Waals surface area contributed by atoms with Gasteiger partial charge in [-0.05, 0) is 25.5 Å². The number of anilines is 1. The lowest BCUT2D eigenvalue weighted by Crippen LogP contribution is -2.49. The first-order valence-corrected chi connectivity index (χ1v) is 10.3. The maximum absolute atomic E-state index is 12.5. The predicted molar refractivity (Wildman–Crippen MR) is 129 cm³/mol. The van der Waals surface area contributed by atoms with E-state index in [-0.39, 0.29) is 29.9 Å². The zero-order valence-electron chi connectivity index (χ0n) is 17.3. The van der Waals surface area contributed by atoms with Gasteiger partial charge in [-0.1, -0.05) is 38.0 Å². The minimum atomic E-state index is 0. The number of amides is 1. The molecule has 1 aliphatic rings. The van der Waals surface area contributed by atoms with E-state index in [1.54, 1.807) is 0 Å². The maximum atomic E-state index is 12.5. The molecule has 0 spiro atoms. The van der Waals surface area contributed by atoms with E-state index >= 15 is 0 Å². The molecule has 0 aromatic heterocycles. The van der Waals surface area contributed by atoms with Crippen molar-refractivity contribution in [3.05, 3.63) is 30.3 Å². The summed E-state index contributed by atoms with van der Waals surface area (Å²) >= 11 is 0. The monoisotopic (exact) mass is 501 g/mol. The van der Waals surface area contributed by atoms with Gasteiger partial charge in [0.1, 0.15) is 0 Å². The van der Waals surface area contributed by atoms with Gasteiger partial charge in [0.05, 0.1) is 0 Å². The summed E-state index contributed by atoms with van der Waals surface area (Å²) in [6, 6.07) is 10.4. The van der Waals surface area contributed by atoms with E-state index in [1.165, 1.54) is 18.5 Å². The van der Waals surface area contributed by atoms with Crippen LogP contribution in [0.3, 0.4) is 0 Å². The van der Waals surface area contributed by atoms with Crippen LogP contribution >= 0.6 is 24.0 Å². The summed E-state index contributed by atoms with van der Waals surface area (Å²) in [4.78, 5) is 21.4. The van der Waals surface area contributed by atoms with Crippen LogP contribution in [0, 0.1) is 0 Å². The van der Waals surface area contributed by atoms with Gasteiger partial charge in [-0.15, -0.1) is 24.0 Å². The molecule has 0 bridgehead atoms. The molecule has 1 saturated heterocycles. The van der Waals surface area contributed by atoms with Crippen LogP contribution in [0.15, 0.2) is 35.3 Å². The molecule has 0 aliphatic carbocycles. The summed E-state index contributed by atoms with van der Waals surface area (Å²) in [5.41, 5.74) is 1.24. The van der Waals surface area contributed by atoms with Crippen molar-refractivity contribution in [3.63, 3.8) is 0 Å². The van der Waals surface area contributed by atoms with Crippen LogP contribution in [0.2, 0.25) is 0 Å². The van der Waals surface area contributed by atoms with Crippen LogP contribution in [-0.4, -0.2) is 62.6 Å². The number of unbranched alkanes of at least 4 members (excludes halogenated alkanes) is 2. The van der Waals surface area contributed by atoms with Crippen molar-refractivity contribution >= 4 is 41.5 Å². The quantitative estimate of drug-likeness (QED) is 0.236. The standard InChI is InChI=1S/C21H35N5O.HI/c1-3-5-9-13-23-21(22-4-2)24-14-12-20(27)26-17-15-25(16-18-26)19-10-7-6-8-11-19;/h6-8,10-11H,3-5,9,12-18H2,1-2H3,(H2,22,23,24);1H. The van der Waals surface area contributed by atoms with Gasteiger partial charge in [-0.3, -0.25) is 9.79 Å².